The molecule has 4 heteroatoms. The van der Waals surface area contributed by atoms with Crippen LogP contribution in [0.2, 0.25) is 5.02 Å². The highest BCUT2D eigenvalue weighted by Crippen LogP contribution is 2.20. The Morgan fingerprint density at radius 1 is 1.53 bits per heavy atom. The lowest BCUT2D eigenvalue weighted by Crippen LogP contribution is -2.29. The Morgan fingerprint density at radius 3 is 2.82 bits per heavy atom. The third kappa shape index (κ3) is 4.91. The van der Waals surface area contributed by atoms with Crippen LogP contribution in [0.15, 0.2) is 30.4 Å². The van der Waals surface area contributed by atoms with Crippen molar-refractivity contribution in [1.82, 2.24) is 5.32 Å². The van der Waals surface area contributed by atoms with Gasteiger partial charge in [-0.2, -0.15) is 0 Å². The molecule has 17 heavy (non-hydrogen) atoms. The zero-order valence-electron chi connectivity index (χ0n) is 10.0. The minimum Gasteiger partial charge on any atom is -0.484 e. The minimum atomic E-state index is -0.166. The van der Waals surface area contributed by atoms with E-state index in [2.05, 4.69) is 11.9 Å². The molecular formula is C13H16ClNO2. The Morgan fingerprint density at radius 2 is 2.24 bits per heavy atom. The van der Waals surface area contributed by atoms with Crippen LogP contribution in [0.1, 0.15) is 12.5 Å². The monoisotopic (exact) mass is 253 g/mol. The molecule has 3 nitrogen and oxygen atoms in total. The van der Waals surface area contributed by atoms with Gasteiger partial charge in [-0.15, -0.1) is 0 Å². The van der Waals surface area contributed by atoms with Gasteiger partial charge in [0.25, 0.3) is 5.91 Å². The Hall–Kier alpha value is -1.48. The largest absolute Gasteiger partial charge is 0.484 e. The van der Waals surface area contributed by atoms with Crippen molar-refractivity contribution in [2.45, 2.75) is 13.8 Å². The molecule has 0 aliphatic rings. The van der Waals surface area contributed by atoms with Crippen LogP contribution in [0.3, 0.4) is 0 Å². The first-order valence-corrected chi connectivity index (χ1v) is 5.67. The van der Waals surface area contributed by atoms with Crippen LogP contribution in [0.5, 0.6) is 5.75 Å². The summed E-state index contributed by atoms with van der Waals surface area (Å²) in [7, 11) is 0. The van der Waals surface area contributed by atoms with E-state index < -0.39 is 0 Å². The number of hydrogen-bond acceptors (Lipinski definition) is 2. The highest BCUT2D eigenvalue weighted by molar-refractivity contribution is 6.31. The number of carbonyl (C=O) groups is 1. The highest BCUT2D eigenvalue weighted by atomic mass is 35.5. The summed E-state index contributed by atoms with van der Waals surface area (Å²) >= 11 is 5.88. The fourth-order valence-corrected chi connectivity index (χ4v) is 1.27. The van der Waals surface area contributed by atoms with Crippen molar-refractivity contribution >= 4 is 17.5 Å². The van der Waals surface area contributed by atoms with Gasteiger partial charge in [0, 0.05) is 11.6 Å². The van der Waals surface area contributed by atoms with E-state index in [0.717, 1.165) is 11.1 Å². The second kappa shape index (κ2) is 6.30. The van der Waals surface area contributed by atoms with E-state index in [4.69, 9.17) is 16.3 Å². The summed E-state index contributed by atoms with van der Waals surface area (Å²) in [6, 6.07) is 5.29. The van der Waals surface area contributed by atoms with E-state index in [9.17, 15) is 4.79 Å². The summed E-state index contributed by atoms with van der Waals surface area (Å²) < 4.78 is 5.34. The summed E-state index contributed by atoms with van der Waals surface area (Å²) in [6.07, 6.45) is 0. The quantitative estimate of drug-likeness (QED) is 0.820. The van der Waals surface area contributed by atoms with Gasteiger partial charge in [0.2, 0.25) is 0 Å². The number of amides is 1. The van der Waals surface area contributed by atoms with Gasteiger partial charge in [0.05, 0.1) is 0 Å². The molecule has 0 aliphatic carbocycles. The topological polar surface area (TPSA) is 38.3 Å². The first-order valence-electron chi connectivity index (χ1n) is 5.29. The molecule has 1 amide bonds. The van der Waals surface area contributed by atoms with Crippen molar-refractivity contribution in [3.63, 3.8) is 0 Å². The van der Waals surface area contributed by atoms with Crippen LogP contribution >= 0.6 is 11.6 Å². The standard InChI is InChI=1S/C13H16ClNO2/c1-9(2)7-15-13(16)8-17-11-4-5-12(14)10(3)6-11/h4-6H,1,7-8H2,2-3H3,(H,15,16). The number of benzene rings is 1. The molecule has 92 valence electrons. The maximum absolute atomic E-state index is 11.4. The number of nitrogens with one attached hydrogen (secondary N) is 1. The van der Waals surface area contributed by atoms with Crippen molar-refractivity contribution in [3.05, 3.63) is 40.9 Å². The van der Waals surface area contributed by atoms with Crippen molar-refractivity contribution in [1.29, 1.82) is 0 Å². The number of aryl methyl sites for hydroxylation is 1. The molecule has 0 unspecified atom stereocenters. The van der Waals surface area contributed by atoms with Gasteiger partial charge in [-0.05, 0) is 37.6 Å². The second-order valence-corrected chi connectivity index (χ2v) is 4.34. The van der Waals surface area contributed by atoms with Crippen molar-refractivity contribution in [2.75, 3.05) is 13.2 Å². The van der Waals surface area contributed by atoms with Crippen molar-refractivity contribution in [2.24, 2.45) is 0 Å². The molecular weight excluding hydrogens is 238 g/mol. The second-order valence-electron chi connectivity index (χ2n) is 3.93. The van der Waals surface area contributed by atoms with Crippen molar-refractivity contribution in [3.8, 4) is 5.75 Å². The molecule has 0 aromatic heterocycles. The fraction of sp³-hybridized carbons (Fsp3) is 0.308. The maximum Gasteiger partial charge on any atom is 0.258 e. The molecule has 0 heterocycles. The molecule has 1 aromatic carbocycles. The molecule has 0 saturated heterocycles. The van der Waals surface area contributed by atoms with Gasteiger partial charge in [0.1, 0.15) is 5.75 Å². The summed E-state index contributed by atoms with van der Waals surface area (Å²) in [4.78, 5) is 11.4. The van der Waals surface area contributed by atoms with E-state index in [0.29, 0.717) is 17.3 Å². The van der Waals surface area contributed by atoms with Gasteiger partial charge in [-0.25, -0.2) is 0 Å². The molecule has 0 atom stereocenters. The molecule has 0 fully saturated rings. The normalized spacial score (nSPS) is 9.82. The Balaban J connectivity index is 2.42. The SMILES string of the molecule is C=C(C)CNC(=O)COc1ccc(Cl)c(C)c1. The van der Waals surface area contributed by atoms with Gasteiger partial charge < -0.3 is 10.1 Å². The van der Waals surface area contributed by atoms with Crippen LogP contribution in [0.4, 0.5) is 0 Å². The fourth-order valence-electron chi connectivity index (χ4n) is 1.16. The molecule has 0 aliphatic heterocycles. The summed E-state index contributed by atoms with van der Waals surface area (Å²) in [5.41, 5.74) is 1.83. The molecule has 1 aromatic rings. The van der Waals surface area contributed by atoms with E-state index in [1.165, 1.54) is 0 Å². The lowest BCUT2D eigenvalue weighted by molar-refractivity contribution is -0.122. The van der Waals surface area contributed by atoms with Crippen LogP contribution < -0.4 is 10.1 Å². The Bertz CT molecular complexity index is 429. The Kier molecular flexibility index (Phi) is 5.04. The third-order valence-corrected chi connectivity index (χ3v) is 2.51. The molecule has 0 bridgehead atoms. The molecule has 0 spiro atoms. The number of hydrogen-bond donors (Lipinski definition) is 1. The van der Waals surface area contributed by atoms with Gasteiger partial charge in [-0.1, -0.05) is 23.8 Å². The summed E-state index contributed by atoms with van der Waals surface area (Å²) in [6.45, 7) is 7.90. The first kappa shape index (κ1) is 13.6. The average Bonchev–Trinajstić information content (AvgIpc) is 2.28. The van der Waals surface area contributed by atoms with Crippen LogP contribution in [-0.2, 0) is 4.79 Å². The van der Waals surface area contributed by atoms with Gasteiger partial charge in [-0.3, -0.25) is 4.79 Å². The van der Waals surface area contributed by atoms with Gasteiger partial charge >= 0.3 is 0 Å². The smallest absolute Gasteiger partial charge is 0.258 e. The van der Waals surface area contributed by atoms with Crippen LogP contribution in [0, 0.1) is 6.92 Å². The summed E-state index contributed by atoms with van der Waals surface area (Å²) in [5, 5.41) is 3.37. The van der Waals surface area contributed by atoms with Crippen LogP contribution in [-0.4, -0.2) is 19.1 Å². The molecule has 0 radical (unpaired) electrons. The number of carbonyl (C=O) groups excluding carboxylic acids is 1. The number of rotatable bonds is 5. The number of ether oxygens (including phenoxy) is 1. The lowest BCUT2D eigenvalue weighted by Gasteiger charge is -2.08. The van der Waals surface area contributed by atoms with E-state index in [1.54, 1.807) is 18.2 Å². The lowest BCUT2D eigenvalue weighted by atomic mass is 10.2. The van der Waals surface area contributed by atoms with E-state index in [-0.39, 0.29) is 12.5 Å². The predicted molar refractivity (Wildman–Crippen MR) is 69.5 cm³/mol. The third-order valence-electron chi connectivity index (χ3n) is 2.09. The molecule has 0 saturated carbocycles. The maximum atomic E-state index is 11.4. The van der Waals surface area contributed by atoms with Crippen molar-refractivity contribution < 1.29 is 9.53 Å². The van der Waals surface area contributed by atoms with E-state index in [1.807, 2.05) is 13.8 Å². The predicted octanol–water partition coefficient (Wildman–Crippen LogP) is 2.72. The zero-order valence-corrected chi connectivity index (χ0v) is 10.8. The minimum absolute atomic E-state index is 0.00560. The summed E-state index contributed by atoms with van der Waals surface area (Å²) in [5.74, 6) is 0.470. The molecule has 1 rings (SSSR count). The Labute approximate surface area is 106 Å². The van der Waals surface area contributed by atoms with E-state index >= 15 is 0 Å². The zero-order chi connectivity index (χ0) is 12.8. The van der Waals surface area contributed by atoms with Gasteiger partial charge in [0.15, 0.2) is 6.61 Å². The average molecular weight is 254 g/mol. The highest BCUT2D eigenvalue weighted by Gasteiger charge is 2.03. The number of halogens is 1. The first-order chi connectivity index (χ1) is 7.99. The van der Waals surface area contributed by atoms with Crippen LogP contribution in [0.25, 0.3) is 0 Å². The molecule has 1 N–H and O–H groups in total.